The summed E-state index contributed by atoms with van der Waals surface area (Å²) in [6, 6.07) is 35.5. The number of aromatic nitrogens is 2. The number of rotatable bonds is 6. The van der Waals surface area contributed by atoms with Crippen LogP contribution < -0.4 is 4.74 Å². The van der Waals surface area contributed by atoms with Crippen LogP contribution in [-0.4, -0.2) is 15.7 Å². The van der Waals surface area contributed by atoms with Gasteiger partial charge in [-0.25, -0.2) is 4.79 Å². The minimum Gasteiger partial charge on any atom is -0.402 e. The molecule has 0 unspecified atom stereocenters. The minimum atomic E-state index is -0.424. The molecule has 5 aromatic rings. The molecule has 0 radical (unpaired) electrons. The van der Waals surface area contributed by atoms with E-state index in [0.29, 0.717) is 11.4 Å². The van der Waals surface area contributed by atoms with Crippen molar-refractivity contribution in [1.82, 2.24) is 9.78 Å². The van der Waals surface area contributed by atoms with Crippen molar-refractivity contribution in [1.29, 1.82) is 0 Å². The summed E-state index contributed by atoms with van der Waals surface area (Å²) in [5.74, 6) is -0.0103. The Morgan fingerprint density at radius 1 is 0.743 bits per heavy atom. The zero-order valence-electron chi connectivity index (χ0n) is 19.5. The molecule has 0 amide bonds. The lowest BCUT2D eigenvalue weighted by Crippen LogP contribution is -2.12. The number of nitrogens with zero attached hydrogens (tertiary/aromatic N) is 2. The van der Waals surface area contributed by atoms with Crippen molar-refractivity contribution < 1.29 is 9.53 Å². The third kappa shape index (κ3) is 5.05. The van der Waals surface area contributed by atoms with E-state index in [0.717, 1.165) is 32.3 Å². The predicted molar refractivity (Wildman–Crippen MR) is 140 cm³/mol. The molecule has 35 heavy (non-hydrogen) atoms. The summed E-state index contributed by atoms with van der Waals surface area (Å²) < 4.78 is 7.72. The molecule has 0 atom stereocenters. The molecule has 0 aliphatic rings. The van der Waals surface area contributed by atoms with E-state index in [9.17, 15) is 4.79 Å². The van der Waals surface area contributed by atoms with Gasteiger partial charge in [-0.05, 0) is 61.4 Å². The smallest absolute Gasteiger partial charge is 0.344 e. The molecule has 0 N–H and O–H groups in total. The number of carbonyl (C=O) groups excluding carboxylic acids is 1. The second kappa shape index (κ2) is 10.0. The van der Waals surface area contributed by atoms with E-state index in [1.54, 1.807) is 28.6 Å². The van der Waals surface area contributed by atoms with Crippen molar-refractivity contribution in [2.24, 2.45) is 0 Å². The quantitative estimate of drug-likeness (QED) is 0.238. The van der Waals surface area contributed by atoms with Crippen molar-refractivity contribution in [2.75, 3.05) is 0 Å². The highest BCUT2D eigenvalue weighted by atomic mass is 32.2. The van der Waals surface area contributed by atoms with Gasteiger partial charge in [0.05, 0.1) is 21.8 Å². The first kappa shape index (κ1) is 22.7. The molecule has 0 saturated carbocycles. The normalized spacial score (nSPS) is 10.8. The number of para-hydroxylation sites is 1. The van der Waals surface area contributed by atoms with Crippen LogP contribution in [0.15, 0.2) is 119 Å². The van der Waals surface area contributed by atoms with Gasteiger partial charge in [0.15, 0.2) is 0 Å². The predicted octanol–water partition coefficient (Wildman–Crippen LogP) is 7.53. The fraction of sp³-hybridized carbons (Fsp3) is 0.0667. The average molecular weight is 477 g/mol. The van der Waals surface area contributed by atoms with Gasteiger partial charge < -0.3 is 4.74 Å². The summed E-state index contributed by atoms with van der Waals surface area (Å²) in [4.78, 5) is 15.1. The van der Waals surface area contributed by atoms with Gasteiger partial charge in [-0.3, -0.25) is 0 Å². The number of aryl methyl sites for hydroxylation is 2. The Morgan fingerprint density at radius 2 is 1.34 bits per heavy atom. The molecule has 4 aromatic carbocycles. The van der Waals surface area contributed by atoms with E-state index in [1.807, 2.05) is 79.7 Å². The number of carbonyl (C=O) groups is 1. The fourth-order valence-corrected chi connectivity index (χ4v) is 4.66. The molecule has 0 bridgehead atoms. The minimum absolute atomic E-state index is 0.413. The average Bonchev–Trinajstić information content (AvgIpc) is 3.21. The second-order valence-electron chi connectivity index (χ2n) is 8.22. The molecule has 5 heteroatoms. The molecular formula is C30H24N2O2S. The molecule has 0 fully saturated rings. The Morgan fingerprint density at radius 3 is 2.00 bits per heavy atom. The van der Waals surface area contributed by atoms with Crippen LogP contribution in [0.25, 0.3) is 16.8 Å². The highest BCUT2D eigenvalue weighted by molar-refractivity contribution is 7.99. The fourth-order valence-electron chi connectivity index (χ4n) is 3.74. The first-order valence-corrected chi connectivity index (χ1v) is 12.2. The van der Waals surface area contributed by atoms with Crippen LogP contribution in [0, 0.1) is 13.8 Å². The van der Waals surface area contributed by atoms with E-state index >= 15 is 0 Å². The van der Waals surface area contributed by atoms with Crippen LogP contribution in [0.5, 0.6) is 5.88 Å². The van der Waals surface area contributed by atoms with Crippen LogP contribution in [0.2, 0.25) is 0 Å². The Balaban J connectivity index is 1.48. The standard InChI is InChI=1S/C30H24N2O2S/c1-21-13-19-27(20-14-21)35-28-22(2)31-32(26-11-7-4-8-12-26)29(28)34-30(33)25-17-15-24(16-18-25)23-9-5-3-6-10-23/h3-20H,1-2H3. The van der Waals surface area contributed by atoms with Crippen LogP contribution in [-0.2, 0) is 0 Å². The summed E-state index contributed by atoms with van der Waals surface area (Å²) in [6.07, 6.45) is 0. The Labute approximate surface area is 209 Å². The molecule has 1 heterocycles. The number of benzene rings is 4. The van der Waals surface area contributed by atoms with Gasteiger partial charge >= 0.3 is 5.97 Å². The summed E-state index contributed by atoms with van der Waals surface area (Å²) in [5.41, 5.74) is 5.44. The number of ether oxygens (including phenoxy) is 1. The zero-order chi connectivity index (χ0) is 24.2. The lowest BCUT2D eigenvalue weighted by atomic mass is 10.0. The molecular weight excluding hydrogens is 452 g/mol. The molecule has 0 spiro atoms. The van der Waals surface area contributed by atoms with E-state index in [4.69, 9.17) is 9.84 Å². The number of hydrogen-bond donors (Lipinski definition) is 0. The summed E-state index contributed by atoms with van der Waals surface area (Å²) >= 11 is 1.54. The maximum atomic E-state index is 13.2. The molecule has 1 aromatic heterocycles. The van der Waals surface area contributed by atoms with Crippen LogP contribution in [0.1, 0.15) is 21.6 Å². The highest BCUT2D eigenvalue weighted by Crippen LogP contribution is 2.39. The van der Waals surface area contributed by atoms with Crippen molar-refractivity contribution in [3.05, 3.63) is 126 Å². The molecule has 0 aliphatic heterocycles. The summed E-state index contributed by atoms with van der Waals surface area (Å²) in [7, 11) is 0. The maximum absolute atomic E-state index is 13.2. The zero-order valence-corrected chi connectivity index (χ0v) is 20.3. The van der Waals surface area contributed by atoms with Crippen LogP contribution >= 0.6 is 11.8 Å². The molecule has 172 valence electrons. The highest BCUT2D eigenvalue weighted by Gasteiger charge is 2.23. The van der Waals surface area contributed by atoms with Crippen LogP contribution in [0.4, 0.5) is 0 Å². The van der Waals surface area contributed by atoms with E-state index in [-0.39, 0.29) is 0 Å². The first-order chi connectivity index (χ1) is 17.1. The van der Waals surface area contributed by atoms with Gasteiger partial charge in [0, 0.05) is 4.90 Å². The molecule has 0 saturated heterocycles. The Hall–Kier alpha value is -4.09. The van der Waals surface area contributed by atoms with E-state index in [1.165, 1.54) is 5.56 Å². The number of hydrogen-bond acceptors (Lipinski definition) is 4. The Bertz CT molecular complexity index is 1440. The van der Waals surface area contributed by atoms with Crippen LogP contribution in [0.3, 0.4) is 0 Å². The SMILES string of the molecule is Cc1ccc(Sc2c(C)nn(-c3ccccc3)c2OC(=O)c2ccc(-c3ccccc3)cc2)cc1. The van der Waals surface area contributed by atoms with E-state index < -0.39 is 5.97 Å². The van der Waals surface area contributed by atoms with Crippen molar-refractivity contribution in [3.8, 4) is 22.7 Å². The van der Waals surface area contributed by atoms with Crippen molar-refractivity contribution >= 4 is 17.7 Å². The van der Waals surface area contributed by atoms with E-state index in [2.05, 4.69) is 31.2 Å². The van der Waals surface area contributed by atoms with Gasteiger partial charge in [0.25, 0.3) is 0 Å². The molecule has 0 aliphatic carbocycles. The van der Waals surface area contributed by atoms with Gasteiger partial charge in [-0.15, -0.1) is 0 Å². The topological polar surface area (TPSA) is 44.1 Å². The second-order valence-corrected chi connectivity index (χ2v) is 9.30. The third-order valence-corrected chi connectivity index (χ3v) is 6.81. The van der Waals surface area contributed by atoms with Gasteiger partial charge in [0.2, 0.25) is 5.88 Å². The summed E-state index contributed by atoms with van der Waals surface area (Å²) in [5, 5.41) is 4.71. The van der Waals surface area contributed by atoms with Gasteiger partial charge in [0.1, 0.15) is 0 Å². The number of esters is 1. The third-order valence-electron chi connectivity index (χ3n) is 5.62. The lowest BCUT2D eigenvalue weighted by molar-refractivity contribution is 0.0718. The molecule has 4 nitrogen and oxygen atoms in total. The lowest BCUT2D eigenvalue weighted by Gasteiger charge is -2.11. The monoisotopic (exact) mass is 476 g/mol. The molecule has 5 rings (SSSR count). The Kier molecular flexibility index (Phi) is 6.51. The largest absolute Gasteiger partial charge is 0.402 e. The summed E-state index contributed by atoms with van der Waals surface area (Å²) in [6.45, 7) is 3.99. The maximum Gasteiger partial charge on any atom is 0.344 e. The van der Waals surface area contributed by atoms with Crippen molar-refractivity contribution in [2.45, 2.75) is 23.6 Å². The first-order valence-electron chi connectivity index (χ1n) is 11.4. The van der Waals surface area contributed by atoms with Gasteiger partial charge in [-0.2, -0.15) is 9.78 Å². The van der Waals surface area contributed by atoms with Gasteiger partial charge in [-0.1, -0.05) is 90.1 Å². The van der Waals surface area contributed by atoms with Crippen molar-refractivity contribution in [3.63, 3.8) is 0 Å².